The predicted molar refractivity (Wildman–Crippen MR) is 82.0 cm³/mol. The van der Waals surface area contributed by atoms with Crippen LogP contribution in [-0.4, -0.2) is 18.8 Å². The molecular weight excluding hydrogens is 268 g/mol. The lowest BCUT2D eigenvalue weighted by Gasteiger charge is -2.13. The molecule has 2 rings (SSSR count). The predicted octanol–water partition coefficient (Wildman–Crippen LogP) is 1.72. The van der Waals surface area contributed by atoms with Crippen molar-refractivity contribution in [3.63, 3.8) is 0 Å². The van der Waals surface area contributed by atoms with E-state index in [1.165, 1.54) is 6.08 Å². The van der Waals surface area contributed by atoms with Gasteiger partial charge in [-0.05, 0) is 24.3 Å². The lowest BCUT2D eigenvalue weighted by molar-refractivity contribution is -0.111. The number of carbonyl (C=O) groups excluding carboxylic acids is 1. The van der Waals surface area contributed by atoms with Crippen LogP contribution in [-0.2, 0) is 4.79 Å². The fourth-order valence-corrected chi connectivity index (χ4v) is 1.75. The largest absolute Gasteiger partial charge is 0.441 e. The molecule has 1 aliphatic rings. The summed E-state index contributed by atoms with van der Waals surface area (Å²) in [6.45, 7) is 3.40. The van der Waals surface area contributed by atoms with Gasteiger partial charge in [0.15, 0.2) is 0 Å². The molecule has 0 unspecified atom stereocenters. The summed E-state index contributed by atoms with van der Waals surface area (Å²) in [7, 11) is 1.71. The van der Waals surface area contributed by atoms with Gasteiger partial charge >= 0.3 is 0 Å². The number of amides is 1. The molecule has 0 spiro atoms. The van der Waals surface area contributed by atoms with Gasteiger partial charge in [0.2, 0.25) is 11.8 Å². The number of nitrogens with one attached hydrogen (secondary N) is 4. The third kappa shape index (κ3) is 3.50. The quantitative estimate of drug-likeness (QED) is 0.490. The van der Waals surface area contributed by atoms with Crippen molar-refractivity contribution in [2.75, 3.05) is 12.4 Å². The van der Waals surface area contributed by atoms with E-state index in [2.05, 4.69) is 22.5 Å². The first-order valence-electron chi connectivity index (χ1n) is 6.29. The molecular formula is C15H16N4O2. The van der Waals surface area contributed by atoms with Crippen molar-refractivity contribution >= 4 is 17.4 Å². The van der Waals surface area contributed by atoms with Gasteiger partial charge in [0.05, 0.1) is 5.57 Å². The van der Waals surface area contributed by atoms with E-state index < -0.39 is 0 Å². The zero-order valence-corrected chi connectivity index (χ0v) is 11.6. The minimum absolute atomic E-state index is 0.260. The van der Waals surface area contributed by atoms with Crippen LogP contribution in [0.2, 0.25) is 0 Å². The fraction of sp³-hybridized carbons (Fsp3) is 0.0667. The zero-order valence-electron chi connectivity index (χ0n) is 11.6. The summed E-state index contributed by atoms with van der Waals surface area (Å²) >= 11 is 0. The number of hydrogen-bond donors (Lipinski definition) is 4. The molecule has 0 fully saturated rings. The van der Waals surface area contributed by atoms with E-state index in [4.69, 9.17) is 10.1 Å². The summed E-state index contributed by atoms with van der Waals surface area (Å²) < 4.78 is 5.73. The highest BCUT2D eigenvalue weighted by molar-refractivity contribution is 6.02. The van der Waals surface area contributed by atoms with Crippen LogP contribution in [0.15, 0.2) is 60.7 Å². The van der Waals surface area contributed by atoms with E-state index >= 15 is 0 Å². The lowest BCUT2D eigenvalue weighted by Crippen LogP contribution is -2.20. The fourth-order valence-electron chi connectivity index (χ4n) is 1.75. The molecule has 1 amide bonds. The van der Waals surface area contributed by atoms with Crippen LogP contribution >= 0.6 is 0 Å². The third-order valence-electron chi connectivity index (χ3n) is 2.73. The number of anilines is 1. The van der Waals surface area contributed by atoms with Crippen LogP contribution in [0.5, 0.6) is 5.75 Å². The Bertz CT molecular complexity index is 647. The maximum absolute atomic E-state index is 11.3. The van der Waals surface area contributed by atoms with Crippen molar-refractivity contribution in [1.82, 2.24) is 10.6 Å². The van der Waals surface area contributed by atoms with Gasteiger partial charge in [-0.1, -0.05) is 12.6 Å². The standard InChI is InChI=1S/C15H16N4O2/c1-3-13(20)19-10-5-4-6-11(9-10)21-15(17-2)12-7-8-18-14(12)16/h3-9,17H,1H2,2H3,(H2,16,18)(H,19,20)/b15-12+. The Morgan fingerprint density at radius 1 is 1.48 bits per heavy atom. The van der Waals surface area contributed by atoms with Crippen molar-refractivity contribution in [2.24, 2.45) is 0 Å². The molecule has 1 heterocycles. The van der Waals surface area contributed by atoms with Crippen LogP contribution in [0.25, 0.3) is 0 Å². The second-order valence-electron chi connectivity index (χ2n) is 4.17. The minimum atomic E-state index is -0.288. The van der Waals surface area contributed by atoms with Gasteiger partial charge in [0.25, 0.3) is 0 Å². The smallest absolute Gasteiger partial charge is 0.247 e. The molecule has 4 N–H and O–H groups in total. The van der Waals surface area contributed by atoms with Crippen LogP contribution in [0.4, 0.5) is 5.69 Å². The number of benzene rings is 1. The van der Waals surface area contributed by atoms with E-state index in [-0.39, 0.29) is 11.7 Å². The average molecular weight is 284 g/mol. The first kappa shape index (κ1) is 14.4. The van der Waals surface area contributed by atoms with Gasteiger partial charge in [0.1, 0.15) is 11.6 Å². The summed E-state index contributed by atoms with van der Waals surface area (Å²) in [6.07, 6.45) is 4.61. The number of rotatable bonds is 5. The zero-order chi connectivity index (χ0) is 15.2. The average Bonchev–Trinajstić information content (AvgIpc) is 2.91. The van der Waals surface area contributed by atoms with Gasteiger partial charge in [0, 0.05) is 25.0 Å². The molecule has 0 atom stereocenters. The van der Waals surface area contributed by atoms with E-state index in [0.29, 0.717) is 22.9 Å². The highest BCUT2D eigenvalue weighted by Crippen LogP contribution is 2.21. The van der Waals surface area contributed by atoms with Crippen LogP contribution in [0.3, 0.4) is 0 Å². The topological polar surface area (TPSA) is 86.2 Å². The molecule has 6 nitrogen and oxygen atoms in total. The molecule has 6 heteroatoms. The lowest BCUT2D eigenvalue weighted by atomic mass is 10.2. The molecule has 0 saturated heterocycles. The highest BCUT2D eigenvalue weighted by atomic mass is 16.5. The Kier molecular flexibility index (Phi) is 4.40. The van der Waals surface area contributed by atoms with E-state index in [9.17, 15) is 4.79 Å². The Labute approximate surface area is 122 Å². The Balaban J connectivity index is 2.20. The molecule has 0 aliphatic carbocycles. The Morgan fingerprint density at radius 3 is 2.90 bits per heavy atom. The van der Waals surface area contributed by atoms with E-state index in [1.54, 1.807) is 43.6 Å². The SMILES string of the molecule is C=CC(=O)Nc1cccc(O/C(NC)=C2\C=CNC2=N)c1. The number of hydrogen-bond acceptors (Lipinski definition) is 4. The molecule has 0 aromatic heterocycles. The number of ether oxygens (including phenoxy) is 1. The second kappa shape index (κ2) is 6.42. The van der Waals surface area contributed by atoms with Crippen molar-refractivity contribution < 1.29 is 9.53 Å². The molecule has 108 valence electrons. The van der Waals surface area contributed by atoms with Crippen LogP contribution < -0.4 is 20.7 Å². The summed E-state index contributed by atoms with van der Waals surface area (Å²) in [5, 5.41) is 16.1. The Morgan fingerprint density at radius 2 is 2.29 bits per heavy atom. The van der Waals surface area contributed by atoms with Gasteiger partial charge in [-0.2, -0.15) is 0 Å². The molecule has 0 saturated carbocycles. The summed E-state index contributed by atoms with van der Waals surface area (Å²) in [5.41, 5.74) is 1.23. The maximum atomic E-state index is 11.3. The normalized spacial score (nSPS) is 15.2. The van der Waals surface area contributed by atoms with Crippen molar-refractivity contribution in [1.29, 1.82) is 5.41 Å². The van der Waals surface area contributed by atoms with E-state index in [1.807, 2.05) is 0 Å². The maximum Gasteiger partial charge on any atom is 0.247 e. The van der Waals surface area contributed by atoms with Gasteiger partial charge in [-0.15, -0.1) is 0 Å². The number of amidine groups is 1. The third-order valence-corrected chi connectivity index (χ3v) is 2.73. The van der Waals surface area contributed by atoms with Crippen LogP contribution in [0, 0.1) is 5.41 Å². The second-order valence-corrected chi connectivity index (χ2v) is 4.17. The molecule has 1 aliphatic heterocycles. The van der Waals surface area contributed by atoms with Gasteiger partial charge in [-0.25, -0.2) is 0 Å². The molecule has 21 heavy (non-hydrogen) atoms. The van der Waals surface area contributed by atoms with Gasteiger partial charge in [-0.3, -0.25) is 10.2 Å². The van der Waals surface area contributed by atoms with Crippen molar-refractivity contribution in [2.45, 2.75) is 0 Å². The summed E-state index contributed by atoms with van der Waals surface area (Å²) in [5.74, 6) is 0.967. The van der Waals surface area contributed by atoms with Crippen molar-refractivity contribution in [3.8, 4) is 5.75 Å². The first-order chi connectivity index (χ1) is 10.1. The molecule has 1 aromatic rings. The van der Waals surface area contributed by atoms with Crippen molar-refractivity contribution in [3.05, 3.63) is 60.7 Å². The molecule has 0 bridgehead atoms. The molecule has 0 radical (unpaired) electrons. The highest BCUT2D eigenvalue weighted by Gasteiger charge is 2.14. The number of carbonyl (C=O) groups is 1. The Hall–Kier alpha value is -3.02. The minimum Gasteiger partial charge on any atom is -0.441 e. The van der Waals surface area contributed by atoms with Gasteiger partial charge < -0.3 is 20.7 Å². The first-order valence-corrected chi connectivity index (χ1v) is 6.29. The summed E-state index contributed by atoms with van der Waals surface area (Å²) in [4.78, 5) is 11.3. The monoisotopic (exact) mass is 284 g/mol. The summed E-state index contributed by atoms with van der Waals surface area (Å²) in [6, 6.07) is 6.96. The van der Waals surface area contributed by atoms with E-state index in [0.717, 1.165) is 0 Å². The van der Waals surface area contributed by atoms with Crippen LogP contribution in [0.1, 0.15) is 0 Å². The molecule has 1 aromatic carbocycles.